The van der Waals surface area contributed by atoms with E-state index in [1.165, 1.54) is 0 Å². The van der Waals surface area contributed by atoms with Gasteiger partial charge in [0.15, 0.2) is 0 Å². The summed E-state index contributed by atoms with van der Waals surface area (Å²) in [5, 5.41) is 18.6. The fraction of sp³-hybridized carbons (Fsp3) is 0.362. The van der Waals surface area contributed by atoms with Gasteiger partial charge in [0.1, 0.15) is 55.5 Å². The first-order valence-corrected chi connectivity index (χ1v) is 20.2. The summed E-state index contributed by atoms with van der Waals surface area (Å²) in [6.07, 6.45) is 7.13. The lowest BCUT2D eigenvalue weighted by Gasteiger charge is -2.15. The standard InChI is InChI=1S/C47H54O14/c1-2-52-19-20-54-25-28-57-41-14-16-42(17-15-41)58-29-26-55-23-21-53-22-24-56-27-30-60-44-34-40-13-18-43(36-9-11-38(12-10-36)47(50)51)59-31-32-61-45(40)33-39(44)8-5-35-3-6-37(7-4-35)46(48)49/h3-18,33-34,43H,2,19-32H2,1H3,(H,48,49)(H,50,51)/b8-5+,18-13+. The third-order valence-electron chi connectivity index (χ3n) is 8.95. The van der Waals surface area contributed by atoms with Gasteiger partial charge in [-0.2, -0.15) is 0 Å². The van der Waals surface area contributed by atoms with E-state index in [9.17, 15) is 19.8 Å². The molecule has 0 saturated carbocycles. The largest absolute Gasteiger partial charge is 0.491 e. The molecule has 4 aromatic carbocycles. The highest BCUT2D eigenvalue weighted by Gasteiger charge is 2.16. The number of benzene rings is 4. The van der Waals surface area contributed by atoms with Gasteiger partial charge in [-0.1, -0.05) is 48.6 Å². The molecule has 0 aliphatic carbocycles. The number of hydrogen-bond donors (Lipinski definition) is 2. The van der Waals surface area contributed by atoms with Crippen molar-refractivity contribution in [3.05, 3.63) is 124 Å². The van der Waals surface area contributed by atoms with Gasteiger partial charge in [0.25, 0.3) is 0 Å². The lowest BCUT2D eigenvalue weighted by molar-refractivity contribution is 0.00497. The molecule has 0 aromatic heterocycles. The average molecular weight is 843 g/mol. The number of aromatic carboxylic acids is 2. The molecular weight excluding hydrogens is 789 g/mol. The van der Waals surface area contributed by atoms with E-state index in [0.29, 0.717) is 97.4 Å². The van der Waals surface area contributed by atoms with E-state index in [1.54, 1.807) is 48.5 Å². The SMILES string of the molecule is CCOCCOCCOc1ccc(OCCOCCOCCOCCOc2cc3c(cc2/C=C/c2ccc(C(=O)O)cc2)OCCOC(c2ccc(C(=O)O)cc2)/C=C/3)cc1. The van der Waals surface area contributed by atoms with Gasteiger partial charge in [-0.3, -0.25) is 0 Å². The second-order valence-electron chi connectivity index (χ2n) is 13.3. The summed E-state index contributed by atoms with van der Waals surface area (Å²) in [5.74, 6) is 0.702. The maximum Gasteiger partial charge on any atom is 0.335 e. The van der Waals surface area contributed by atoms with Gasteiger partial charge >= 0.3 is 11.9 Å². The number of ether oxygens (including phenoxy) is 10. The Bertz CT molecular complexity index is 1960. The highest BCUT2D eigenvalue weighted by molar-refractivity contribution is 5.88. The summed E-state index contributed by atoms with van der Waals surface area (Å²) >= 11 is 0. The number of fused-ring (bicyclic) bond motifs is 1. The van der Waals surface area contributed by atoms with Crippen LogP contribution in [0.2, 0.25) is 0 Å². The quantitative estimate of drug-likeness (QED) is 0.0452. The average Bonchev–Trinajstić information content (AvgIpc) is 3.37. The van der Waals surface area contributed by atoms with Crippen molar-refractivity contribution < 1.29 is 67.2 Å². The number of hydrogen-bond acceptors (Lipinski definition) is 12. The van der Waals surface area contributed by atoms with Gasteiger partial charge in [-0.15, -0.1) is 0 Å². The summed E-state index contributed by atoms with van der Waals surface area (Å²) in [6.45, 7) is 8.33. The van der Waals surface area contributed by atoms with Crippen molar-refractivity contribution in [1.82, 2.24) is 0 Å². The summed E-state index contributed by atoms with van der Waals surface area (Å²) in [7, 11) is 0. The molecule has 0 fully saturated rings. The van der Waals surface area contributed by atoms with E-state index in [0.717, 1.165) is 33.8 Å². The van der Waals surface area contributed by atoms with E-state index in [-0.39, 0.29) is 24.3 Å². The predicted octanol–water partition coefficient (Wildman–Crippen LogP) is 7.36. The van der Waals surface area contributed by atoms with Crippen LogP contribution < -0.4 is 18.9 Å². The molecule has 61 heavy (non-hydrogen) atoms. The molecule has 0 saturated heterocycles. The van der Waals surface area contributed by atoms with Crippen LogP contribution in [-0.4, -0.2) is 121 Å². The van der Waals surface area contributed by atoms with Crippen LogP contribution in [0.25, 0.3) is 18.2 Å². The normalized spacial score (nSPS) is 14.3. The van der Waals surface area contributed by atoms with E-state index in [2.05, 4.69) is 0 Å². The van der Waals surface area contributed by atoms with Crippen molar-refractivity contribution in [3.63, 3.8) is 0 Å². The molecular formula is C47H54O14. The summed E-state index contributed by atoms with van der Waals surface area (Å²) in [4.78, 5) is 22.7. The minimum atomic E-state index is -0.995. The van der Waals surface area contributed by atoms with Crippen molar-refractivity contribution in [2.45, 2.75) is 13.0 Å². The van der Waals surface area contributed by atoms with Crippen LogP contribution in [0.5, 0.6) is 23.0 Å². The van der Waals surface area contributed by atoms with E-state index < -0.39 is 18.0 Å². The highest BCUT2D eigenvalue weighted by atomic mass is 16.6. The first-order valence-electron chi connectivity index (χ1n) is 20.2. The van der Waals surface area contributed by atoms with E-state index in [1.807, 2.05) is 67.6 Å². The number of carboxylic acid groups (broad SMARTS) is 2. The van der Waals surface area contributed by atoms with Crippen molar-refractivity contribution in [2.24, 2.45) is 0 Å². The number of carbonyl (C=O) groups is 2. The van der Waals surface area contributed by atoms with Crippen molar-refractivity contribution in [3.8, 4) is 23.0 Å². The Morgan fingerprint density at radius 3 is 1.66 bits per heavy atom. The van der Waals surface area contributed by atoms with Crippen molar-refractivity contribution in [2.75, 3.05) is 99.1 Å². The Balaban J connectivity index is 1.03. The maximum absolute atomic E-state index is 11.3. The van der Waals surface area contributed by atoms with Gasteiger partial charge in [0.05, 0.1) is 77.2 Å². The van der Waals surface area contributed by atoms with Crippen LogP contribution in [0.4, 0.5) is 0 Å². The van der Waals surface area contributed by atoms with Gasteiger partial charge in [0.2, 0.25) is 0 Å². The maximum atomic E-state index is 11.3. The molecule has 4 aromatic rings. The van der Waals surface area contributed by atoms with E-state index >= 15 is 0 Å². The Hall–Kier alpha value is -5.74. The monoisotopic (exact) mass is 842 g/mol. The van der Waals surface area contributed by atoms with Gasteiger partial charge < -0.3 is 57.6 Å². The van der Waals surface area contributed by atoms with Crippen LogP contribution in [-0.2, 0) is 28.4 Å². The van der Waals surface area contributed by atoms with Gasteiger partial charge in [-0.05, 0) is 78.7 Å². The van der Waals surface area contributed by atoms with Crippen LogP contribution in [0.1, 0.15) is 56.0 Å². The van der Waals surface area contributed by atoms with E-state index in [4.69, 9.17) is 47.4 Å². The second-order valence-corrected chi connectivity index (χ2v) is 13.3. The molecule has 0 spiro atoms. The van der Waals surface area contributed by atoms with Crippen LogP contribution in [0.15, 0.2) is 91.0 Å². The third-order valence-corrected chi connectivity index (χ3v) is 8.95. The Kier molecular flexibility index (Phi) is 20.1. The second kappa shape index (κ2) is 26.5. The molecule has 1 unspecified atom stereocenters. The summed E-state index contributed by atoms with van der Waals surface area (Å²) < 4.78 is 57.5. The molecule has 14 heteroatoms. The molecule has 1 aliphatic rings. The molecule has 1 aliphatic heterocycles. The van der Waals surface area contributed by atoms with Crippen LogP contribution in [0, 0.1) is 0 Å². The zero-order valence-corrected chi connectivity index (χ0v) is 34.4. The number of carboxylic acids is 2. The Labute approximate surface area is 356 Å². The Morgan fingerprint density at radius 1 is 0.607 bits per heavy atom. The molecule has 0 bridgehead atoms. The molecule has 1 atom stereocenters. The molecule has 0 radical (unpaired) electrons. The first kappa shape index (κ1) is 46.3. The molecule has 5 rings (SSSR count). The summed E-state index contributed by atoms with van der Waals surface area (Å²) in [6, 6.07) is 24.3. The minimum Gasteiger partial charge on any atom is -0.491 e. The molecule has 14 nitrogen and oxygen atoms in total. The Morgan fingerprint density at radius 2 is 1.11 bits per heavy atom. The summed E-state index contributed by atoms with van der Waals surface area (Å²) in [5.41, 5.74) is 3.54. The fourth-order valence-corrected chi connectivity index (χ4v) is 5.81. The molecule has 2 N–H and O–H groups in total. The lowest BCUT2D eigenvalue weighted by atomic mass is 10.0. The third kappa shape index (κ3) is 16.7. The number of rotatable bonds is 27. The molecule has 1 heterocycles. The fourth-order valence-electron chi connectivity index (χ4n) is 5.81. The zero-order valence-electron chi connectivity index (χ0n) is 34.4. The van der Waals surface area contributed by atoms with Gasteiger partial charge in [-0.25, -0.2) is 9.59 Å². The smallest absolute Gasteiger partial charge is 0.335 e. The van der Waals surface area contributed by atoms with Crippen molar-refractivity contribution >= 4 is 30.2 Å². The molecule has 0 amide bonds. The van der Waals surface area contributed by atoms with Crippen LogP contribution in [0.3, 0.4) is 0 Å². The van der Waals surface area contributed by atoms with Crippen LogP contribution >= 0.6 is 0 Å². The zero-order chi connectivity index (χ0) is 42.9. The molecule has 326 valence electrons. The first-order chi connectivity index (χ1) is 29.9. The highest BCUT2D eigenvalue weighted by Crippen LogP contribution is 2.34. The lowest BCUT2D eigenvalue weighted by Crippen LogP contribution is -2.14. The predicted molar refractivity (Wildman–Crippen MR) is 228 cm³/mol. The topological polar surface area (TPSA) is 167 Å². The van der Waals surface area contributed by atoms with Gasteiger partial charge in [0, 0.05) is 17.7 Å². The minimum absolute atomic E-state index is 0.197. The van der Waals surface area contributed by atoms with Crippen molar-refractivity contribution in [1.29, 1.82) is 0 Å².